The number of ether oxygens (including phenoxy) is 2. The molecule has 0 aromatic carbocycles. The number of methoxy groups -OCH3 is 1. The van der Waals surface area contributed by atoms with Crippen LogP contribution < -0.4 is 5.32 Å². The Bertz CT molecular complexity index is 127. The van der Waals surface area contributed by atoms with E-state index in [1.165, 1.54) is 0 Å². The minimum atomic E-state index is -0.0959. The Kier molecular flexibility index (Phi) is 6.70. The van der Waals surface area contributed by atoms with Gasteiger partial charge in [0.2, 0.25) is 5.91 Å². The van der Waals surface area contributed by atoms with Crippen LogP contribution in [0.3, 0.4) is 0 Å². The molecule has 4 nitrogen and oxygen atoms in total. The van der Waals surface area contributed by atoms with Gasteiger partial charge in [-0.05, 0) is 13.8 Å². The first-order chi connectivity index (χ1) is 5.70. The summed E-state index contributed by atoms with van der Waals surface area (Å²) in [5, 5.41) is 2.73. The van der Waals surface area contributed by atoms with Crippen LogP contribution in [0, 0.1) is 0 Å². The molecule has 0 rings (SSSR count). The van der Waals surface area contributed by atoms with Crippen molar-refractivity contribution in [2.45, 2.75) is 19.9 Å². The summed E-state index contributed by atoms with van der Waals surface area (Å²) in [6, 6.07) is 0.0444. The van der Waals surface area contributed by atoms with E-state index < -0.39 is 0 Å². The summed E-state index contributed by atoms with van der Waals surface area (Å²) >= 11 is 0. The standard InChI is InChI=1S/C8H17NO3/c1-4-12-6-8(10)9-7(2)5-11-3/h7H,4-6H2,1-3H3,(H,9,10). The molecule has 1 atom stereocenters. The Balaban J connectivity index is 3.40. The van der Waals surface area contributed by atoms with Gasteiger partial charge in [-0.1, -0.05) is 0 Å². The summed E-state index contributed by atoms with van der Waals surface area (Å²) in [5.74, 6) is -0.0959. The van der Waals surface area contributed by atoms with E-state index in [9.17, 15) is 4.79 Å². The summed E-state index contributed by atoms with van der Waals surface area (Å²) in [6.45, 7) is 4.95. The number of carbonyl (C=O) groups excluding carboxylic acids is 1. The fourth-order valence-corrected chi connectivity index (χ4v) is 0.803. The molecule has 1 amide bonds. The Morgan fingerprint density at radius 1 is 1.58 bits per heavy atom. The van der Waals surface area contributed by atoms with E-state index in [-0.39, 0.29) is 18.6 Å². The average Bonchev–Trinajstić information content (AvgIpc) is 2.01. The number of nitrogens with one attached hydrogen (secondary N) is 1. The number of amides is 1. The van der Waals surface area contributed by atoms with Gasteiger partial charge in [-0.15, -0.1) is 0 Å². The molecule has 0 aliphatic carbocycles. The molecular weight excluding hydrogens is 158 g/mol. The van der Waals surface area contributed by atoms with E-state index in [2.05, 4.69) is 5.32 Å². The zero-order valence-corrected chi connectivity index (χ0v) is 7.92. The highest BCUT2D eigenvalue weighted by Gasteiger charge is 2.05. The van der Waals surface area contributed by atoms with E-state index in [0.29, 0.717) is 13.2 Å². The van der Waals surface area contributed by atoms with Gasteiger partial charge < -0.3 is 14.8 Å². The molecule has 12 heavy (non-hydrogen) atoms. The lowest BCUT2D eigenvalue weighted by molar-refractivity contribution is -0.126. The average molecular weight is 175 g/mol. The fourth-order valence-electron chi connectivity index (χ4n) is 0.803. The second kappa shape index (κ2) is 7.06. The SMILES string of the molecule is CCOCC(=O)NC(C)COC. The molecule has 0 saturated carbocycles. The Morgan fingerprint density at radius 3 is 2.75 bits per heavy atom. The molecule has 0 aliphatic rings. The first kappa shape index (κ1) is 11.4. The molecule has 0 aromatic rings. The van der Waals surface area contributed by atoms with Crippen LogP contribution in [0.5, 0.6) is 0 Å². The minimum Gasteiger partial charge on any atom is -0.383 e. The van der Waals surface area contributed by atoms with Crippen LogP contribution in [0.4, 0.5) is 0 Å². The number of hydrogen-bond donors (Lipinski definition) is 1. The second-order valence-electron chi connectivity index (χ2n) is 2.56. The maximum atomic E-state index is 11.0. The molecule has 1 unspecified atom stereocenters. The van der Waals surface area contributed by atoms with Crippen molar-refractivity contribution in [2.24, 2.45) is 0 Å². The molecule has 4 heteroatoms. The number of carbonyl (C=O) groups is 1. The molecule has 0 spiro atoms. The lowest BCUT2D eigenvalue weighted by Gasteiger charge is -2.12. The van der Waals surface area contributed by atoms with Crippen LogP contribution in [0.2, 0.25) is 0 Å². The van der Waals surface area contributed by atoms with Crippen molar-refractivity contribution in [1.29, 1.82) is 0 Å². The lowest BCUT2D eigenvalue weighted by atomic mass is 10.3. The molecule has 72 valence electrons. The summed E-state index contributed by atoms with van der Waals surface area (Å²) < 4.78 is 9.77. The van der Waals surface area contributed by atoms with Crippen molar-refractivity contribution < 1.29 is 14.3 Å². The quantitative estimate of drug-likeness (QED) is 0.626. The predicted molar refractivity (Wildman–Crippen MR) is 46.0 cm³/mol. The van der Waals surface area contributed by atoms with Gasteiger partial charge in [0.1, 0.15) is 6.61 Å². The Morgan fingerprint density at radius 2 is 2.25 bits per heavy atom. The first-order valence-corrected chi connectivity index (χ1v) is 4.06. The van der Waals surface area contributed by atoms with Crippen LogP contribution >= 0.6 is 0 Å². The van der Waals surface area contributed by atoms with Crippen molar-refractivity contribution in [2.75, 3.05) is 26.9 Å². The van der Waals surface area contributed by atoms with Crippen molar-refractivity contribution in [3.8, 4) is 0 Å². The molecule has 0 saturated heterocycles. The van der Waals surface area contributed by atoms with Crippen LogP contribution in [0.15, 0.2) is 0 Å². The molecular formula is C8H17NO3. The van der Waals surface area contributed by atoms with Gasteiger partial charge in [-0.3, -0.25) is 4.79 Å². The molecule has 0 fully saturated rings. The van der Waals surface area contributed by atoms with E-state index in [1.807, 2.05) is 13.8 Å². The zero-order valence-electron chi connectivity index (χ0n) is 7.92. The largest absolute Gasteiger partial charge is 0.383 e. The summed E-state index contributed by atoms with van der Waals surface area (Å²) in [5.41, 5.74) is 0. The van der Waals surface area contributed by atoms with Gasteiger partial charge in [0, 0.05) is 19.8 Å². The van der Waals surface area contributed by atoms with Crippen molar-refractivity contribution in [1.82, 2.24) is 5.32 Å². The topological polar surface area (TPSA) is 47.6 Å². The molecule has 0 aliphatic heterocycles. The van der Waals surface area contributed by atoms with Crippen molar-refractivity contribution in [3.63, 3.8) is 0 Å². The summed E-state index contributed by atoms with van der Waals surface area (Å²) in [4.78, 5) is 11.0. The Hall–Kier alpha value is -0.610. The normalized spacial score (nSPS) is 12.6. The van der Waals surface area contributed by atoms with Crippen LogP contribution in [-0.4, -0.2) is 38.9 Å². The van der Waals surface area contributed by atoms with E-state index in [0.717, 1.165) is 0 Å². The molecule has 0 radical (unpaired) electrons. The van der Waals surface area contributed by atoms with Gasteiger partial charge in [0.05, 0.1) is 6.61 Å². The third-order valence-corrected chi connectivity index (χ3v) is 1.26. The van der Waals surface area contributed by atoms with Gasteiger partial charge in [-0.2, -0.15) is 0 Å². The van der Waals surface area contributed by atoms with E-state index in [4.69, 9.17) is 9.47 Å². The molecule has 0 heterocycles. The van der Waals surface area contributed by atoms with Gasteiger partial charge >= 0.3 is 0 Å². The third kappa shape index (κ3) is 6.12. The highest BCUT2D eigenvalue weighted by molar-refractivity contribution is 5.77. The highest BCUT2D eigenvalue weighted by Crippen LogP contribution is 1.82. The minimum absolute atomic E-state index is 0.0444. The van der Waals surface area contributed by atoms with E-state index in [1.54, 1.807) is 7.11 Å². The molecule has 1 N–H and O–H groups in total. The maximum Gasteiger partial charge on any atom is 0.246 e. The van der Waals surface area contributed by atoms with Crippen LogP contribution in [0.1, 0.15) is 13.8 Å². The predicted octanol–water partition coefficient (Wildman–Crippen LogP) is 0.174. The highest BCUT2D eigenvalue weighted by atomic mass is 16.5. The van der Waals surface area contributed by atoms with Gasteiger partial charge in [0.15, 0.2) is 0 Å². The smallest absolute Gasteiger partial charge is 0.246 e. The first-order valence-electron chi connectivity index (χ1n) is 4.06. The van der Waals surface area contributed by atoms with E-state index >= 15 is 0 Å². The van der Waals surface area contributed by atoms with Gasteiger partial charge in [0.25, 0.3) is 0 Å². The summed E-state index contributed by atoms with van der Waals surface area (Å²) in [6.07, 6.45) is 0. The van der Waals surface area contributed by atoms with Crippen molar-refractivity contribution >= 4 is 5.91 Å². The summed E-state index contributed by atoms with van der Waals surface area (Å²) in [7, 11) is 1.60. The fraction of sp³-hybridized carbons (Fsp3) is 0.875. The van der Waals surface area contributed by atoms with Crippen molar-refractivity contribution in [3.05, 3.63) is 0 Å². The number of rotatable bonds is 6. The number of hydrogen-bond acceptors (Lipinski definition) is 3. The Labute approximate surface area is 73.2 Å². The third-order valence-electron chi connectivity index (χ3n) is 1.26. The van der Waals surface area contributed by atoms with Gasteiger partial charge in [-0.25, -0.2) is 0 Å². The molecule has 0 aromatic heterocycles. The van der Waals surface area contributed by atoms with Crippen LogP contribution in [-0.2, 0) is 14.3 Å². The monoisotopic (exact) mass is 175 g/mol. The van der Waals surface area contributed by atoms with Crippen LogP contribution in [0.25, 0.3) is 0 Å². The maximum absolute atomic E-state index is 11.0. The zero-order chi connectivity index (χ0) is 9.40. The lowest BCUT2D eigenvalue weighted by Crippen LogP contribution is -2.37. The molecule has 0 bridgehead atoms. The second-order valence-corrected chi connectivity index (χ2v) is 2.56.